The summed E-state index contributed by atoms with van der Waals surface area (Å²) >= 11 is 12.3. The topological polar surface area (TPSA) is 81.5 Å². The molecule has 7 nitrogen and oxygen atoms in total. The van der Waals surface area contributed by atoms with Crippen molar-refractivity contribution in [1.29, 1.82) is 0 Å². The Balaban J connectivity index is 1.97. The molecule has 0 bridgehead atoms. The second kappa shape index (κ2) is 12.2. The fraction of sp³-hybridized carbons (Fsp3) is 0.385. The third kappa shape index (κ3) is 7.09. The van der Waals surface area contributed by atoms with Crippen LogP contribution < -0.4 is 0 Å². The van der Waals surface area contributed by atoms with Gasteiger partial charge in [0, 0.05) is 25.2 Å². The van der Waals surface area contributed by atoms with Crippen LogP contribution in [0.25, 0.3) is 0 Å². The minimum Gasteiger partial charge on any atom is -0.383 e. The van der Waals surface area contributed by atoms with Gasteiger partial charge in [0.05, 0.1) is 41.4 Å². The average molecular weight is 553 g/mol. The molecule has 0 saturated heterocycles. The SMILES string of the molecule is COCCN(Cc1cnc(S(=O)(=O)Cc2cccc(C)c2)n1CC(C)C)C(=O)c1ccc(Cl)cc1Cl. The summed E-state index contributed by atoms with van der Waals surface area (Å²) in [5, 5.41) is 0.668. The lowest BCUT2D eigenvalue weighted by molar-refractivity contribution is 0.0675. The highest BCUT2D eigenvalue weighted by Gasteiger charge is 2.27. The highest BCUT2D eigenvalue weighted by molar-refractivity contribution is 7.90. The molecule has 1 aromatic heterocycles. The number of hydrogen-bond donors (Lipinski definition) is 0. The number of nitrogens with zero attached hydrogens (tertiary/aromatic N) is 3. The minimum absolute atomic E-state index is 0.00336. The molecule has 0 unspecified atom stereocenters. The highest BCUT2D eigenvalue weighted by Crippen LogP contribution is 2.25. The Kier molecular flexibility index (Phi) is 9.58. The number of sulfone groups is 1. The number of carbonyl (C=O) groups is 1. The summed E-state index contributed by atoms with van der Waals surface area (Å²) in [7, 11) is -2.18. The van der Waals surface area contributed by atoms with Gasteiger partial charge in [0.1, 0.15) is 0 Å². The van der Waals surface area contributed by atoms with E-state index < -0.39 is 9.84 Å². The first kappa shape index (κ1) is 28.2. The van der Waals surface area contributed by atoms with Crippen molar-refractivity contribution in [3.63, 3.8) is 0 Å². The third-order valence-electron chi connectivity index (χ3n) is 5.53. The molecule has 0 aliphatic rings. The Hall–Kier alpha value is -2.39. The van der Waals surface area contributed by atoms with Gasteiger partial charge in [-0.3, -0.25) is 4.79 Å². The molecule has 10 heteroatoms. The number of carbonyl (C=O) groups excluding carboxylic acids is 1. The minimum atomic E-state index is -3.73. The summed E-state index contributed by atoms with van der Waals surface area (Å²) in [5.41, 5.74) is 2.60. The van der Waals surface area contributed by atoms with Gasteiger partial charge in [-0.1, -0.05) is 66.9 Å². The van der Waals surface area contributed by atoms with E-state index in [4.69, 9.17) is 27.9 Å². The van der Waals surface area contributed by atoms with Crippen molar-refractivity contribution in [3.8, 4) is 0 Å². The molecule has 3 aromatic rings. The van der Waals surface area contributed by atoms with Gasteiger partial charge in [-0.15, -0.1) is 0 Å². The summed E-state index contributed by atoms with van der Waals surface area (Å²) in [4.78, 5) is 19.3. The van der Waals surface area contributed by atoms with Crippen molar-refractivity contribution < 1.29 is 17.9 Å². The Labute approximate surface area is 222 Å². The normalized spacial score (nSPS) is 11.8. The first-order valence-electron chi connectivity index (χ1n) is 11.6. The lowest BCUT2D eigenvalue weighted by Gasteiger charge is -2.24. The average Bonchev–Trinajstić information content (AvgIpc) is 3.18. The van der Waals surface area contributed by atoms with Crippen LogP contribution in [0.5, 0.6) is 0 Å². The van der Waals surface area contributed by atoms with Gasteiger partial charge in [-0.2, -0.15) is 0 Å². The molecule has 0 N–H and O–H groups in total. The van der Waals surface area contributed by atoms with Crippen LogP contribution in [0.1, 0.15) is 41.0 Å². The van der Waals surface area contributed by atoms with Crippen molar-refractivity contribution >= 4 is 38.9 Å². The quantitative estimate of drug-likeness (QED) is 0.318. The molecule has 0 aliphatic carbocycles. The molecule has 0 radical (unpaired) electrons. The van der Waals surface area contributed by atoms with Crippen molar-refractivity contribution in [2.45, 2.75) is 44.8 Å². The highest BCUT2D eigenvalue weighted by atomic mass is 35.5. The molecule has 194 valence electrons. The Morgan fingerprint density at radius 1 is 1.17 bits per heavy atom. The lowest BCUT2D eigenvalue weighted by atomic mass is 10.2. The number of amides is 1. The second-order valence-electron chi connectivity index (χ2n) is 9.13. The molecule has 1 heterocycles. The number of ether oxygens (including phenoxy) is 1. The van der Waals surface area contributed by atoms with Gasteiger partial charge < -0.3 is 14.2 Å². The molecule has 0 saturated carbocycles. The van der Waals surface area contributed by atoms with Gasteiger partial charge in [-0.05, 0) is 36.6 Å². The zero-order chi connectivity index (χ0) is 26.5. The molecule has 1 amide bonds. The van der Waals surface area contributed by atoms with E-state index in [1.807, 2.05) is 39.0 Å². The van der Waals surface area contributed by atoms with Crippen LogP contribution in [0.15, 0.2) is 53.8 Å². The fourth-order valence-electron chi connectivity index (χ4n) is 3.90. The molecule has 0 atom stereocenters. The molecule has 3 rings (SSSR count). The van der Waals surface area contributed by atoms with Crippen LogP contribution in [0.4, 0.5) is 0 Å². The number of benzene rings is 2. The summed E-state index contributed by atoms with van der Waals surface area (Å²) in [5.74, 6) is -0.314. The molecule has 0 spiro atoms. The number of halogens is 2. The molecule has 0 aliphatic heterocycles. The standard InChI is InChI=1S/C26H31Cl2N3O4S/c1-18(2)15-31-22(14-29-26(31)36(33,34)17-20-7-5-6-19(3)12-20)16-30(10-11-35-4)25(32)23-9-8-21(27)13-24(23)28/h5-9,12-14,18H,10-11,15-17H2,1-4H3. The molecular formula is C26H31Cl2N3O4S. The zero-order valence-corrected chi connectivity index (χ0v) is 23.2. The van der Waals surface area contributed by atoms with E-state index in [0.29, 0.717) is 35.0 Å². The number of rotatable bonds is 11. The molecule has 2 aromatic carbocycles. The Morgan fingerprint density at radius 3 is 2.56 bits per heavy atom. The van der Waals surface area contributed by atoms with Gasteiger partial charge in [0.25, 0.3) is 5.91 Å². The maximum absolute atomic E-state index is 13.4. The van der Waals surface area contributed by atoms with Crippen LogP contribution in [-0.2, 0) is 33.4 Å². The smallest absolute Gasteiger partial charge is 0.255 e. The maximum atomic E-state index is 13.4. The van der Waals surface area contributed by atoms with Gasteiger partial charge in [0.2, 0.25) is 15.0 Å². The van der Waals surface area contributed by atoms with Crippen LogP contribution >= 0.6 is 23.2 Å². The summed E-state index contributed by atoms with van der Waals surface area (Å²) in [6.07, 6.45) is 1.53. The predicted molar refractivity (Wildman–Crippen MR) is 142 cm³/mol. The summed E-state index contributed by atoms with van der Waals surface area (Å²) in [6.45, 7) is 7.09. The Bertz CT molecular complexity index is 1320. The van der Waals surface area contributed by atoms with Crippen LogP contribution in [-0.4, -0.2) is 49.0 Å². The third-order valence-corrected chi connectivity index (χ3v) is 7.68. The van der Waals surface area contributed by atoms with Crippen LogP contribution in [0.3, 0.4) is 0 Å². The predicted octanol–water partition coefficient (Wildman–Crippen LogP) is 5.42. The van der Waals surface area contributed by atoms with Gasteiger partial charge in [-0.25, -0.2) is 13.4 Å². The van der Waals surface area contributed by atoms with Crippen molar-refractivity contribution in [2.24, 2.45) is 5.92 Å². The molecular weight excluding hydrogens is 521 g/mol. The van der Waals surface area contributed by atoms with Crippen LogP contribution in [0, 0.1) is 12.8 Å². The summed E-state index contributed by atoms with van der Waals surface area (Å²) in [6, 6.07) is 12.1. The van der Waals surface area contributed by atoms with E-state index >= 15 is 0 Å². The van der Waals surface area contributed by atoms with Crippen molar-refractivity contribution in [3.05, 3.63) is 81.1 Å². The van der Waals surface area contributed by atoms with Crippen LogP contribution in [0.2, 0.25) is 10.0 Å². The van der Waals surface area contributed by atoms with Crippen molar-refractivity contribution in [1.82, 2.24) is 14.5 Å². The number of hydrogen-bond acceptors (Lipinski definition) is 5. The van der Waals surface area contributed by atoms with E-state index in [-0.39, 0.29) is 40.8 Å². The number of imidazole rings is 1. The summed E-state index contributed by atoms with van der Waals surface area (Å²) < 4.78 is 33.7. The van der Waals surface area contributed by atoms with E-state index in [1.54, 1.807) is 34.8 Å². The van der Waals surface area contributed by atoms with Gasteiger partial charge >= 0.3 is 0 Å². The van der Waals surface area contributed by atoms with Crippen molar-refractivity contribution in [2.75, 3.05) is 20.3 Å². The van der Waals surface area contributed by atoms with E-state index in [2.05, 4.69) is 4.98 Å². The van der Waals surface area contributed by atoms with E-state index in [1.165, 1.54) is 12.3 Å². The number of aryl methyl sites for hydroxylation is 1. The maximum Gasteiger partial charge on any atom is 0.255 e. The molecule has 0 fully saturated rings. The van der Waals surface area contributed by atoms with E-state index in [0.717, 1.165) is 5.56 Å². The fourth-order valence-corrected chi connectivity index (χ4v) is 5.87. The number of methoxy groups -OCH3 is 1. The molecule has 36 heavy (non-hydrogen) atoms. The first-order valence-corrected chi connectivity index (χ1v) is 14.0. The number of aromatic nitrogens is 2. The second-order valence-corrected chi connectivity index (χ2v) is 11.9. The Morgan fingerprint density at radius 2 is 1.92 bits per heavy atom. The zero-order valence-electron chi connectivity index (χ0n) is 20.9. The lowest BCUT2D eigenvalue weighted by Crippen LogP contribution is -2.34. The van der Waals surface area contributed by atoms with E-state index in [9.17, 15) is 13.2 Å². The largest absolute Gasteiger partial charge is 0.383 e. The monoisotopic (exact) mass is 551 g/mol. The first-order chi connectivity index (χ1) is 17.0. The van der Waals surface area contributed by atoms with Gasteiger partial charge in [0.15, 0.2) is 0 Å².